The molecule has 0 radical (unpaired) electrons. The summed E-state index contributed by atoms with van der Waals surface area (Å²) in [6.45, 7) is 1.92. The lowest BCUT2D eigenvalue weighted by atomic mass is 9.86. The summed E-state index contributed by atoms with van der Waals surface area (Å²) in [4.78, 5) is 17.3. The molecule has 0 saturated heterocycles. The average molecular weight is 442 g/mol. The van der Waals surface area contributed by atoms with Crippen LogP contribution in [0.25, 0.3) is 17.2 Å². The van der Waals surface area contributed by atoms with Gasteiger partial charge in [-0.3, -0.25) is 4.79 Å². The van der Waals surface area contributed by atoms with E-state index in [1.165, 1.54) is 0 Å². The quantitative estimate of drug-likeness (QED) is 0.504. The molecule has 1 aliphatic heterocycles. The van der Waals surface area contributed by atoms with Crippen LogP contribution in [0.15, 0.2) is 54.7 Å². The maximum atomic E-state index is 12.7. The summed E-state index contributed by atoms with van der Waals surface area (Å²) in [5.41, 5.74) is 4.15. The van der Waals surface area contributed by atoms with Crippen molar-refractivity contribution in [2.75, 3.05) is 19.5 Å². The van der Waals surface area contributed by atoms with E-state index in [9.17, 15) is 4.79 Å². The largest absolute Gasteiger partial charge is 0.497 e. The van der Waals surface area contributed by atoms with Crippen LogP contribution in [0.3, 0.4) is 0 Å². The predicted octanol–water partition coefficient (Wildman–Crippen LogP) is 3.52. The normalized spacial score (nSPS) is 15.0. The summed E-state index contributed by atoms with van der Waals surface area (Å²) < 4.78 is 12.2. The van der Waals surface area contributed by atoms with Crippen molar-refractivity contribution in [3.63, 3.8) is 0 Å². The Kier molecular flexibility index (Phi) is 5.21. The number of carbonyl (C=O) groups excluding carboxylic acids is 1. The van der Waals surface area contributed by atoms with Gasteiger partial charge in [0.15, 0.2) is 0 Å². The molecular formula is C24H22N6O3. The second kappa shape index (κ2) is 8.34. The topological polar surface area (TPSA) is 104 Å². The second-order valence-electron chi connectivity index (χ2n) is 7.71. The maximum Gasteiger partial charge on any atom is 0.272 e. The molecule has 4 aromatic rings. The van der Waals surface area contributed by atoms with E-state index in [-0.39, 0.29) is 17.8 Å². The smallest absolute Gasteiger partial charge is 0.272 e. The highest BCUT2D eigenvalue weighted by Crippen LogP contribution is 2.40. The van der Waals surface area contributed by atoms with Crippen LogP contribution in [0.5, 0.6) is 11.5 Å². The summed E-state index contributed by atoms with van der Waals surface area (Å²) in [7, 11) is 3.24. The molecule has 0 fully saturated rings. The fourth-order valence-corrected chi connectivity index (χ4v) is 4.14. The molecule has 33 heavy (non-hydrogen) atoms. The lowest BCUT2D eigenvalue weighted by Crippen LogP contribution is -2.25. The van der Waals surface area contributed by atoms with E-state index < -0.39 is 0 Å². The molecule has 9 nitrogen and oxygen atoms in total. The molecule has 2 aromatic heterocycles. The molecule has 1 aliphatic rings. The van der Waals surface area contributed by atoms with Gasteiger partial charge in [0, 0.05) is 23.5 Å². The highest BCUT2D eigenvalue weighted by Gasteiger charge is 2.33. The van der Waals surface area contributed by atoms with Gasteiger partial charge in [-0.15, -0.1) is 5.10 Å². The molecule has 3 heterocycles. The van der Waals surface area contributed by atoms with Crippen LogP contribution < -0.4 is 14.8 Å². The van der Waals surface area contributed by atoms with Gasteiger partial charge in [0.1, 0.15) is 17.3 Å². The van der Waals surface area contributed by atoms with E-state index in [2.05, 4.69) is 25.6 Å². The van der Waals surface area contributed by atoms with Crippen LogP contribution in [0.2, 0.25) is 0 Å². The number of anilines is 1. The Hall–Kier alpha value is -4.27. The molecular weight excluding hydrogens is 420 g/mol. The zero-order chi connectivity index (χ0) is 22.9. The first kappa shape index (κ1) is 20.6. The summed E-state index contributed by atoms with van der Waals surface area (Å²) in [6.07, 6.45) is 1.90. The Morgan fingerprint density at radius 3 is 2.61 bits per heavy atom. The lowest BCUT2D eigenvalue weighted by molar-refractivity contribution is -0.116. The van der Waals surface area contributed by atoms with Crippen LogP contribution >= 0.6 is 0 Å². The molecule has 0 saturated carbocycles. The minimum atomic E-state index is -0.160. The average Bonchev–Trinajstić information content (AvgIpc) is 3.19. The van der Waals surface area contributed by atoms with Gasteiger partial charge < -0.3 is 14.8 Å². The van der Waals surface area contributed by atoms with Crippen molar-refractivity contribution < 1.29 is 14.3 Å². The Labute approximate surface area is 190 Å². The Morgan fingerprint density at radius 2 is 1.82 bits per heavy atom. The molecule has 1 N–H and O–H groups in total. The Morgan fingerprint density at radius 1 is 1.06 bits per heavy atom. The van der Waals surface area contributed by atoms with E-state index in [0.29, 0.717) is 23.7 Å². The number of nitrogens with one attached hydrogen (secondary N) is 1. The summed E-state index contributed by atoms with van der Waals surface area (Å²) in [5.74, 6) is 2.02. The zero-order valence-corrected chi connectivity index (χ0v) is 18.4. The zero-order valence-electron chi connectivity index (χ0n) is 18.4. The minimum absolute atomic E-state index is 0.103. The van der Waals surface area contributed by atoms with Crippen LogP contribution in [0, 0.1) is 6.92 Å². The number of ether oxygens (including phenoxy) is 2. The number of hydrogen-bond donors (Lipinski definition) is 1. The SMILES string of the molecule is COc1cccc(-c2cnnc(-n3nc(C)c4c3NC(=O)C[C@H]4c3cccc(OC)c3)n2)c1. The number of methoxy groups -OCH3 is 2. The summed E-state index contributed by atoms with van der Waals surface area (Å²) >= 11 is 0. The predicted molar refractivity (Wildman–Crippen MR) is 122 cm³/mol. The van der Waals surface area contributed by atoms with Gasteiger partial charge in [0.2, 0.25) is 5.91 Å². The molecule has 0 bridgehead atoms. The maximum absolute atomic E-state index is 12.7. The van der Waals surface area contributed by atoms with Crippen molar-refractivity contribution >= 4 is 11.7 Å². The van der Waals surface area contributed by atoms with Crippen molar-refractivity contribution in [3.05, 3.63) is 71.5 Å². The van der Waals surface area contributed by atoms with E-state index in [0.717, 1.165) is 28.1 Å². The number of nitrogens with zero attached hydrogens (tertiary/aromatic N) is 5. The fraction of sp³-hybridized carbons (Fsp3) is 0.208. The number of aromatic nitrogens is 5. The first-order chi connectivity index (χ1) is 16.1. The van der Waals surface area contributed by atoms with Gasteiger partial charge >= 0.3 is 0 Å². The van der Waals surface area contributed by atoms with Crippen molar-refractivity contribution in [2.24, 2.45) is 0 Å². The van der Waals surface area contributed by atoms with Crippen LogP contribution in [-0.4, -0.2) is 45.1 Å². The van der Waals surface area contributed by atoms with Crippen molar-refractivity contribution in [1.29, 1.82) is 0 Å². The summed E-state index contributed by atoms with van der Waals surface area (Å²) in [6, 6.07) is 15.3. The molecule has 2 aromatic carbocycles. The van der Waals surface area contributed by atoms with E-state index in [4.69, 9.17) is 9.47 Å². The van der Waals surface area contributed by atoms with Gasteiger partial charge in [-0.25, -0.2) is 4.98 Å². The third-order valence-corrected chi connectivity index (χ3v) is 5.70. The van der Waals surface area contributed by atoms with Crippen molar-refractivity contribution in [1.82, 2.24) is 25.0 Å². The van der Waals surface area contributed by atoms with Crippen LogP contribution in [0.1, 0.15) is 29.2 Å². The monoisotopic (exact) mass is 442 g/mol. The number of hydrogen-bond acceptors (Lipinski definition) is 7. The van der Waals surface area contributed by atoms with Crippen molar-refractivity contribution in [3.8, 4) is 28.7 Å². The molecule has 166 valence electrons. The highest BCUT2D eigenvalue weighted by molar-refractivity contribution is 5.95. The molecule has 1 atom stereocenters. The molecule has 0 spiro atoms. The van der Waals surface area contributed by atoms with Crippen LogP contribution in [0.4, 0.5) is 5.82 Å². The number of fused-ring (bicyclic) bond motifs is 1. The van der Waals surface area contributed by atoms with Gasteiger partial charge in [-0.2, -0.15) is 14.9 Å². The Bertz CT molecular complexity index is 1350. The van der Waals surface area contributed by atoms with E-state index in [1.54, 1.807) is 25.1 Å². The summed E-state index contributed by atoms with van der Waals surface area (Å²) in [5, 5.41) is 15.9. The number of carbonyl (C=O) groups is 1. The Balaban J connectivity index is 1.60. The number of aryl methyl sites for hydroxylation is 1. The molecule has 5 rings (SSSR count). The lowest BCUT2D eigenvalue weighted by Gasteiger charge is -2.24. The standard InChI is InChI=1S/C24H22N6O3/c1-14-22-19(15-6-4-8-17(10-15)32-2)12-21(31)27-23(22)30(29-14)24-26-20(13-25-28-24)16-7-5-9-18(11-16)33-3/h4-11,13,19H,12H2,1-3H3,(H,27,31)/t19-/m0/s1. The number of rotatable bonds is 5. The number of amides is 1. The third kappa shape index (κ3) is 3.78. The molecule has 0 aliphatic carbocycles. The molecule has 0 unspecified atom stereocenters. The second-order valence-corrected chi connectivity index (χ2v) is 7.71. The third-order valence-electron chi connectivity index (χ3n) is 5.70. The molecule has 9 heteroatoms. The van der Waals surface area contributed by atoms with E-state index in [1.807, 2.05) is 55.5 Å². The fourth-order valence-electron chi connectivity index (χ4n) is 4.14. The van der Waals surface area contributed by atoms with Crippen molar-refractivity contribution in [2.45, 2.75) is 19.3 Å². The van der Waals surface area contributed by atoms with E-state index >= 15 is 0 Å². The first-order valence-electron chi connectivity index (χ1n) is 10.4. The minimum Gasteiger partial charge on any atom is -0.497 e. The van der Waals surface area contributed by atoms with Gasteiger partial charge in [0.05, 0.1) is 31.8 Å². The number of benzene rings is 2. The van der Waals surface area contributed by atoms with Gasteiger partial charge in [-0.1, -0.05) is 24.3 Å². The van der Waals surface area contributed by atoms with Gasteiger partial charge in [-0.05, 0) is 36.8 Å². The first-order valence-corrected chi connectivity index (χ1v) is 10.4. The van der Waals surface area contributed by atoms with Crippen LogP contribution in [-0.2, 0) is 4.79 Å². The van der Waals surface area contributed by atoms with Gasteiger partial charge in [0.25, 0.3) is 5.95 Å². The molecule has 1 amide bonds. The highest BCUT2D eigenvalue weighted by atomic mass is 16.5.